The summed E-state index contributed by atoms with van der Waals surface area (Å²) in [6.45, 7) is 4.40. The summed E-state index contributed by atoms with van der Waals surface area (Å²) in [5, 5.41) is 184. The van der Waals surface area contributed by atoms with Crippen molar-refractivity contribution in [2.24, 2.45) is 11.7 Å². The number of phenols is 4. The summed E-state index contributed by atoms with van der Waals surface area (Å²) in [5.74, 6) is -16.5. The first-order valence-electron chi connectivity index (χ1n) is 45.4. The van der Waals surface area contributed by atoms with Gasteiger partial charge in [-0.05, 0) is 136 Å². The van der Waals surface area contributed by atoms with Crippen LogP contribution < -0.4 is 82.6 Å². The molecule has 9 aliphatic heterocycles. The zero-order valence-electron chi connectivity index (χ0n) is 75.7. The Bertz CT molecular complexity index is 5650. The Hall–Kier alpha value is -12.1. The van der Waals surface area contributed by atoms with Gasteiger partial charge in [0, 0.05) is 71.2 Å². The SMILES string of the molecule is CC(=O)NC1C(OC2c3ccc(c(Cl)c3)Oc3cc4cc(c3OC3OC(CO)C(O)C(O)C3NC(=O)CCCCCCC(C)C)Oc3ccc(cc3Cl)CC3NC(=O)C(N)c5ccc(O)c(c5)Oc5cc(O)cc(c5)C(NC3=O)C(=O)NC4C(=O)NC(c3ccc(O)cc3)C(=O)NC2C(=O)NC(C(=O)NCCN2CCNCC2)c2cc(O)cc(OC3OC(CO)C(O)C(O)C3O)c2)OC(CO)C(O)C1O. The number of piperazine rings is 1. The monoisotopic (exact) mass is 1990 g/mol. The highest BCUT2D eigenvalue weighted by molar-refractivity contribution is 6.32. The van der Waals surface area contributed by atoms with Crippen LogP contribution in [-0.4, -0.2) is 293 Å². The van der Waals surface area contributed by atoms with Gasteiger partial charge >= 0.3 is 0 Å². The number of aliphatic hydroxyl groups is 10. The lowest BCUT2D eigenvalue weighted by atomic mass is 9.95. The van der Waals surface area contributed by atoms with Gasteiger partial charge < -0.3 is 173 Å². The molecule has 7 aromatic carbocycles. The molecule has 0 radical (unpaired) electrons. The second-order valence-electron chi connectivity index (χ2n) is 35.4. The van der Waals surface area contributed by atoms with Crippen molar-refractivity contribution in [1.82, 2.24) is 58.1 Å². The molecule has 13 bridgehead atoms. The third-order valence-electron chi connectivity index (χ3n) is 24.8. The number of benzene rings is 7. The smallest absolute Gasteiger partial charge is 0.248 e. The van der Waals surface area contributed by atoms with E-state index in [4.69, 9.17) is 71.6 Å². The van der Waals surface area contributed by atoms with Gasteiger partial charge in [-0.1, -0.05) is 93.1 Å². The van der Waals surface area contributed by atoms with Gasteiger partial charge in [-0.2, -0.15) is 0 Å². The molecule has 0 spiro atoms. The predicted octanol–water partition coefficient (Wildman–Crippen LogP) is -0.0241. The summed E-state index contributed by atoms with van der Waals surface area (Å²) < 4.78 is 57.7. The van der Waals surface area contributed by atoms with Crippen molar-refractivity contribution >= 4 is 76.4 Å². The minimum atomic E-state index is -2.54. The Labute approximate surface area is 810 Å². The number of amides is 9. The van der Waals surface area contributed by atoms with E-state index >= 15 is 28.8 Å². The Morgan fingerprint density at radius 1 is 0.521 bits per heavy atom. The number of carbonyl (C=O) groups excluding carboxylic acids is 9. The molecule has 0 aromatic heterocycles. The molecule has 754 valence electrons. The maximum Gasteiger partial charge on any atom is 0.248 e. The van der Waals surface area contributed by atoms with Gasteiger partial charge in [0.1, 0.15) is 162 Å². The van der Waals surface area contributed by atoms with Crippen LogP contribution in [0.1, 0.15) is 135 Å². The van der Waals surface area contributed by atoms with Crippen molar-refractivity contribution in [2.75, 3.05) is 59.1 Å². The average molecular weight is 1990 g/mol. The molecule has 9 heterocycles. The highest BCUT2D eigenvalue weighted by Crippen LogP contribution is 2.50. The third kappa shape index (κ3) is 24.7. The van der Waals surface area contributed by atoms with E-state index < -0.39 is 282 Å². The average Bonchev–Trinajstić information content (AvgIpc) is 0.768. The summed E-state index contributed by atoms with van der Waals surface area (Å²) in [4.78, 5) is 142. The van der Waals surface area contributed by atoms with Gasteiger partial charge in [-0.25, -0.2) is 0 Å². The molecule has 140 heavy (non-hydrogen) atoms. The summed E-state index contributed by atoms with van der Waals surface area (Å²) in [5.41, 5.74) is 4.94. The molecule has 26 N–H and O–H groups in total. The molecule has 23 atom stereocenters. The summed E-state index contributed by atoms with van der Waals surface area (Å²) in [6, 6.07) is 5.02. The van der Waals surface area contributed by atoms with Gasteiger partial charge in [-0.3, -0.25) is 48.1 Å². The molecule has 23 unspecified atom stereocenters. The summed E-state index contributed by atoms with van der Waals surface area (Å²) in [6.07, 6.45) is -24.7. The molecule has 4 fully saturated rings. The number of aromatic hydroxyl groups is 4. The maximum absolute atomic E-state index is 16.9. The molecule has 7 aromatic rings. The van der Waals surface area contributed by atoms with E-state index in [1.165, 1.54) is 30.3 Å². The van der Waals surface area contributed by atoms with Crippen LogP contribution in [0.3, 0.4) is 0 Å². The van der Waals surface area contributed by atoms with Crippen LogP contribution in [0.4, 0.5) is 0 Å². The van der Waals surface area contributed by atoms with Crippen LogP contribution in [0.2, 0.25) is 10.0 Å². The number of nitrogens with one attached hydrogen (secondary N) is 10. The van der Waals surface area contributed by atoms with E-state index in [1.807, 2.05) is 4.90 Å². The van der Waals surface area contributed by atoms with Crippen LogP contribution in [0.25, 0.3) is 0 Å². The van der Waals surface area contributed by atoms with Gasteiger partial charge in [0.2, 0.25) is 71.5 Å². The molecule has 44 nitrogen and oxygen atoms in total. The van der Waals surface area contributed by atoms with E-state index in [1.54, 1.807) is 0 Å². The van der Waals surface area contributed by atoms with Crippen LogP contribution in [0.15, 0.2) is 127 Å². The second-order valence-corrected chi connectivity index (χ2v) is 36.2. The van der Waals surface area contributed by atoms with Gasteiger partial charge in [0.15, 0.2) is 29.3 Å². The lowest BCUT2D eigenvalue weighted by molar-refractivity contribution is -0.284. The number of fused-ring (bicyclic) bond motifs is 15. The van der Waals surface area contributed by atoms with Gasteiger partial charge in [0.05, 0.1) is 29.9 Å². The molecule has 16 rings (SSSR count). The number of aliphatic hydroxyl groups excluding tert-OH is 10. The molecule has 9 amide bonds. The van der Waals surface area contributed by atoms with Gasteiger partial charge in [0.25, 0.3) is 0 Å². The normalized spacial score (nSPS) is 28.0. The number of unbranched alkanes of at least 4 members (excludes halogenated alkanes) is 3. The molecular formula is C94H112Cl2N12O32. The van der Waals surface area contributed by atoms with E-state index in [9.17, 15) is 85.9 Å². The van der Waals surface area contributed by atoms with Crippen molar-refractivity contribution in [1.29, 1.82) is 0 Å². The fourth-order valence-corrected chi connectivity index (χ4v) is 17.7. The minimum absolute atomic E-state index is 0.0432. The quantitative estimate of drug-likeness (QED) is 0.0317. The number of ether oxygens (including phenoxy) is 9. The Morgan fingerprint density at radius 2 is 1.09 bits per heavy atom. The van der Waals surface area contributed by atoms with Crippen molar-refractivity contribution < 1.29 is 157 Å². The van der Waals surface area contributed by atoms with Crippen LogP contribution >= 0.6 is 23.2 Å². The first kappa shape index (κ1) is 104. The van der Waals surface area contributed by atoms with Crippen molar-refractivity contribution in [2.45, 2.75) is 206 Å². The zero-order chi connectivity index (χ0) is 100. The number of hydrogen-bond acceptors (Lipinski definition) is 35. The largest absolute Gasteiger partial charge is 0.508 e. The topological polar surface area (TPSA) is 669 Å². The lowest BCUT2D eigenvalue weighted by Gasteiger charge is -2.44. The van der Waals surface area contributed by atoms with E-state index in [0.717, 1.165) is 123 Å². The van der Waals surface area contributed by atoms with Crippen molar-refractivity contribution in [3.8, 4) is 69.0 Å². The highest BCUT2D eigenvalue weighted by atomic mass is 35.5. The number of carbonyl (C=O) groups is 9. The van der Waals surface area contributed by atoms with E-state index in [0.29, 0.717) is 44.9 Å². The van der Waals surface area contributed by atoms with Crippen LogP contribution in [-0.2, 0) is 68.5 Å². The van der Waals surface area contributed by atoms with Crippen LogP contribution in [0, 0.1) is 5.92 Å². The standard InChI is InChI=1S/C94H112Cl2N12O32/c1-41(2)8-6-4-5-7-9-67(117)102-74-80(122)77(119)65(39-110)137-93(74)140-84-62-34-49-35-63(84)135-60-19-14-46(32-56(60)96)83(139-92-73(100-42(3)112)79(121)76(118)64(38-109)136-92)75(91(131)105-70(87(127)99-22-25-108-23-20-98-21-24-108)47-28-52(115)37-54(31-47)133-94-82(124)81(123)78(120)66(40-111)138-94)107-88(128)69(44-11-15-50(113)16-12-44)104-90(130)72(49)106-89(129)71-48-29-51(114)36-53(30-48)132-61-33-45(13-17-58(61)116)68(97)86(126)101-57(85(125)103-71)27-43-10-18-59(134-62)55(95)26-43/h10-19,26,28-37,41,57,64-66,68-83,92-94,98,109-111,113-116,118-124H,4-9,20-25,27,38-40,97H2,1-3H3,(H,99,127)(H,100,112)(H,101,126)(H,102,117)(H,103,125)(H,104,130)(H,105,131)(H,106,129)(H,107,128). The number of hydrogen-bond donors (Lipinski definition) is 25. The summed E-state index contributed by atoms with van der Waals surface area (Å²) >= 11 is 14.9. The van der Waals surface area contributed by atoms with Crippen molar-refractivity contribution in [3.63, 3.8) is 0 Å². The van der Waals surface area contributed by atoms with Crippen LogP contribution in [0.5, 0.6) is 69.0 Å². The molecular weight excluding hydrogens is 1880 g/mol. The number of nitrogens with zero attached hydrogens (tertiary/aromatic N) is 1. The number of halogens is 2. The molecule has 4 saturated heterocycles. The lowest BCUT2D eigenvalue weighted by Crippen LogP contribution is -2.65. The van der Waals surface area contributed by atoms with Gasteiger partial charge in [-0.15, -0.1) is 0 Å². The fraction of sp³-hybridized carbons (Fsp3) is 0.457. The van der Waals surface area contributed by atoms with E-state index in [-0.39, 0.29) is 75.2 Å². The maximum atomic E-state index is 16.9. The Morgan fingerprint density at radius 3 is 1.72 bits per heavy atom. The Kier molecular flexibility index (Phi) is 34.1. The van der Waals surface area contributed by atoms with Crippen molar-refractivity contribution in [3.05, 3.63) is 176 Å². The number of nitrogens with two attached hydrogens (primary N) is 1. The minimum Gasteiger partial charge on any atom is -0.508 e. The molecule has 46 heteroatoms. The first-order chi connectivity index (χ1) is 66.9. The molecule has 9 aliphatic rings. The second kappa shape index (κ2) is 46.1. The Balaban J connectivity index is 0.989. The number of rotatable bonds is 26. The van der Waals surface area contributed by atoms with E-state index in [2.05, 4.69) is 67.0 Å². The summed E-state index contributed by atoms with van der Waals surface area (Å²) in [7, 11) is 0. The number of phenolic OH excluding ortho intramolecular Hbond substituents is 4. The highest BCUT2D eigenvalue weighted by Gasteiger charge is 2.52. The first-order valence-corrected chi connectivity index (χ1v) is 46.2. The molecule has 0 saturated carbocycles. The zero-order valence-corrected chi connectivity index (χ0v) is 77.2. The predicted molar refractivity (Wildman–Crippen MR) is 489 cm³/mol. The fourth-order valence-electron chi connectivity index (χ4n) is 17.2. The third-order valence-corrected chi connectivity index (χ3v) is 25.4. The molecule has 0 aliphatic carbocycles.